The summed E-state index contributed by atoms with van der Waals surface area (Å²) in [6, 6.07) is 8.36. The molecular weight excluding hydrogens is 220 g/mol. The highest BCUT2D eigenvalue weighted by atomic mass is 35.5. The monoisotopic (exact) mass is 240 g/mol. The van der Waals surface area contributed by atoms with Crippen molar-refractivity contribution in [3.05, 3.63) is 34.9 Å². The third-order valence-electron chi connectivity index (χ3n) is 2.92. The number of rotatable bonds is 5. The fourth-order valence-corrected chi connectivity index (χ4v) is 2.25. The van der Waals surface area contributed by atoms with Gasteiger partial charge in [-0.05, 0) is 37.7 Å². The average Bonchev–Trinajstić information content (AvgIpc) is 2.27. The number of halogens is 1. The van der Waals surface area contributed by atoms with Gasteiger partial charge in [-0.25, -0.2) is 0 Å². The van der Waals surface area contributed by atoms with Crippen LogP contribution in [0.25, 0.3) is 0 Å². The standard InChI is InChI=1S/C13H21ClN2/c1-4-16(5-2)13(10(3)15)11-6-8-12(14)9-7-11/h6-10,13H,4-5,15H2,1-3H3. The second kappa shape index (κ2) is 6.24. The molecule has 0 heterocycles. The van der Waals surface area contributed by atoms with E-state index in [1.54, 1.807) is 0 Å². The zero-order valence-corrected chi connectivity index (χ0v) is 11.0. The largest absolute Gasteiger partial charge is 0.326 e. The van der Waals surface area contributed by atoms with Crippen LogP contribution in [0.4, 0.5) is 0 Å². The zero-order chi connectivity index (χ0) is 12.1. The number of likely N-dealkylation sites (N-methyl/N-ethyl adjacent to an activating group) is 1. The summed E-state index contributed by atoms with van der Waals surface area (Å²) in [6.45, 7) is 8.39. The van der Waals surface area contributed by atoms with E-state index in [2.05, 4.69) is 37.8 Å². The lowest BCUT2D eigenvalue weighted by molar-refractivity contribution is 0.195. The van der Waals surface area contributed by atoms with Crippen molar-refractivity contribution < 1.29 is 0 Å². The second-order valence-corrected chi connectivity index (χ2v) is 4.51. The highest BCUT2D eigenvalue weighted by Crippen LogP contribution is 2.24. The number of benzene rings is 1. The van der Waals surface area contributed by atoms with E-state index in [4.69, 9.17) is 17.3 Å². The number of nitrogens with zero attached hydrogens (tertiary/aromatic N) is 1. The summed E-state index contributed by atoms with van der Waals surface area (Å²) in [7, 11) is 0. The minimum atomic E-state index is 0.112. The first-order chi connectivity index (χ1) is 7.60. The van der Waals surface area contributed by atoms with Gasteiger partial charge in [-0.3, -0.25) is 4.90 Å². The predicted molar refractivity (Wildman–Crippen MR) is 70.8 cm³/mol. The Morgan fingerprint density at radius 2 is 1.69 bits per heavy atom. The van der Waals surface area contributed by atoms with E-state index in [1.807, 2.05) is 12.1 Å². The molecule has 1 aromatic carbocycles. The van der Waals surface area contributed by atoms with Gasteiger partial charge in [0, 0.05) is 17.1 Å². The Balaban J connectivity index is 2.97. The van der Waals surface area contributed by atoms with Crippen LogP contribution in [0.3, 0.4) is 0 Å². The molecule has 1 rings (SSSR count). The van der Waals surface area contributed by atoms with Gasteiger partial charge in [0.1, 0.15) is 0 Å². The first kappa shape index (κ1) is 13.5. The van der Waals surface area contributed by atoms with Crippen LogP contribution in [0, 0.1) is 0 Å². The smallest absolute Gasteiger partial charge is 0.0496 e. The fourth-order valence-electron chi connectivity index (χ4n) is 2.12. The number of hydrogen-bond donors (Lipinski definition) is 1. The van der Waals surface area contributed by atoms with Crippen LogP contribution in [-0.2, 0) is 0 Å². The lowest BCUT2D eigenvalue weighted by Crippen LogP contribution is -2.39. The number of nitrogens with two attached hydrogens (primary N) is 1. The van der Waals surface area contributed by atoms with E-state index in [0.717, 1.165) is 18.1 Å². The molecule has 2 nitrogen and oxygen atoms in total. The summed E-state index contributed by atoms with van der Waals surface area (Å²) in [6.07, 6.45) is 0. The molecule has 0 aliphatic rings. The highest BCUT2D eigenvalue weighted by molar-refractivity contribution is 6.30. The highest BCUT2D eigenvalue weighted by Gasteiger charge is 2.21. The molecule has 16 heavy (non-hydrogen) atoms. The van der Waals surface area contributed by atoms with Crippen molar-refractivity contribution in [1.82, 2.24) is 4.90 Å². The maximum absolute atomic E-state index is 6.08. The second-order valence-electron chi connectivity index (χ2n) is 4.08. The van der Waals surface area contributed by atoms with E-state index in [-0.39, 0.29) is 12.1 Å². The minimum absolute atomic E-state index is 0.112. The van der Waals surface area contributed by atoms with E-state index in [1.165, 1.54) is 5.56 Å². The molecule has 0 fully saturated rings. The molecule has 2 atom stereocenters. The molecule has 0 aliphatic carbocycles. The van der Waals surface area contributed by atoms with Crippen molar-refractivity contribution in [3.8, 4) is 0 Å². The lowest BCUT2D eigenvalue weighted by atomic mass is 9.99. The van der Waals surface area contributed by atoms with Crippen LogP contribution in [-0.4, -0.2) is 24.0 Å². The third-order valence-corrected chi connectivity index (χ3v) is 3.17. The van der Waals surface area contributed by atoms with E-state index in [9.17, 15) is 0 Å². The molecule has 0 saturated carbocycles. The molecular formula is C13H21ClN2. The van der Waals surface area contributed by atoms with Crippen molar-refractivity contribution in [2.75, 3.05) is 13.1 Å². The number of hydrogen-bond acceptors (Lipinski definition) is 2. The van der Waals surface area contributed by atoms with Crippen LogP contribution in [0.15, 0.2) is 24.3 Å². The Morgan fingerprint density at radius 1 is 1.19 bits per heavy atom. The third kappa shape index (κ3) is 3.21. The molecule has 0 bridgehead atoms. The van der Waals surface area contributed by atoms with Crippen LogP contribution < -0.4 is 5.73 Å². The van der Waals surface area contributed by atoms with Crippen molar-refractivity contribution in [2.24, 2.45) is 5.73 Å². The van der Waals surface area contributed by atoms with Crippen molar-refractivity contribution >= 4 is 11.6 Å². The molecule has 2 unspecified atom stereocenters. The molecule has 90 valence electrons. The van der Waals surface area contributed by atoms with Gasteiger partial charge in [0.25, 0.3) is 0 Å². The maximum atomic E-state index is 6.08. The Labute approximate surface area is 103 Å². The SMILES string of the molecule is CCN(CC)C(c1ccc(Cl)cc1)C(C)N. The van der Waals surface area contributed by atoms with Crippen molar-refractivity contribution in [3.63, 3.8) is 0 Å². The Morgan fingerprint density at radius 3 is 2.06 bits per heavy atom. The van der Waals surface area contributed by atoms with Gasteiger partial charge in [-0.15, -0.1) is 0 Å². The Bertz CT molecular complexity index is 304. The summed E-state index contributed by atoms with van der Waals surface area (Å²) in [4.78, 5) is 2.37. The maximum Gasteiger partial charge on any atom is 0.0496 e. The molecule has 1 aromatic rings. The van der Waals surface area contributed by atoms with E-state index < -0.39 is 0 Å². The lowest BCUT2D eigenvalue weighted by Gasteiger charge is -2.33. The van der Waals surface area contributed by atoms with Gasteiger partial charge in [-0.1, -0.05) is 37.6 Å². The summed E-state index contributed by atoms with van der Waals surface area (Å²) in [5, 5.41) is 0.770. The molecule has 0 aromatic heterocycles. The van der Waals surface area contributed by atoms with Gasteiger partial charge in [0.05, 0.1) is 0 Å². The van der Waals surface area contributed by atoms with Crippen molar-refractivity contribution in [2.45, 2.75) is 32.9 Å². The fraction of sp³-hybridized carbons (Fsp3) is 0.538. The first-order valence-corrected chi connectivity index (χ1v) is 6.23. The first-order valence-electron chi connectivity index (χ1n) is 5.85. The van der Waals surface area contributed by atoms with Crippen molar-refractivity contribution in [1.29, 1.82) is 0 Å². The summed E-state index contributed by atoms with van der Waals surface area (Å²) in [5.74, 6) is 0. The molecule has 2 N–H and O–H groups in total. The predicted octanol–water partition coefficient (Wildman–Crippen LogP) is 3.07. The molecule has 0 spiro atoms. The molecule has 0 amide bonds. The molecule has 0 saturated heterocycles. The van der Waals surface area contributed by atoms with Gasteiger partial charge in [0.2, 0.25) is 0 Å². The van der Waals surface area contributed by atoms with E-state index >= 15 is 0 Å². The van der Waals surface area contributed by atoms with Crippen LogP contribution >= 0.6 is 11.6 Å². The summed E-state index contributed by atoms with van der Waals surface area (Å²) in [5.41, 5.74) is 7.32. The quantitative estimate of drug-likeness (QED) is 0.857. The van der Waals surface area contributed by atoms with Crippen LogP contribution in [0.1, 0.15) is 32.4 Å². The van der Waals surface area contributed by atoms with Gasteiger partial charge >= 0.3 is 0 Å². The van der Waals surface area contributed by atoms with Gasteiger partial charge < -0.3 is 5.73 Å². The summed E-state index contributed by atoms with van der Waals surface area (Å²) < 4.78 is 0. The molecule has 0 aliphatic heterocycles. The Hall–Kier alpha value is -0.570. The Kier molecular flexibility index (Phi) is 5.26. The van der Waals surface area contributed by atoms with E-state index in [0.29, 0.717) is 0 Å². The minimum Gasteiger partial charge on any atom is -0.326 e. The normalized spacial score (nSPS) is 15.1. The van der Waals surface area contributed by atoms with Gasteiger partial charge in [-0.2, -0.15) is 0 Å². The molecule has 3 heteroatoms. The van der Waals surface area contributed by atoms with Crippen LogP contribution in [0.2, 0.25) is 5.02 Å². The zero-order valence-electron chi connectivity index (χ0n) is 10.3. The van der Waals surface area contributed by atoms with Gasteiger partial charge in [0.15, 0.2) is 0 Å². The summed E-state index contributed by atoms with van der Waals surface area (Å²) >= 11 is 5.90. The van der Waals surface area contributed by atoms with Crippen LogP contribution in [0.5, 0.6) is 0 Å². The average molecular weight is 241 g/mol. The topological polar surface area (TPSA) is 29.3 Å². The molecule has 0 radical (unpaired) electrons.